The van der Waals surface area contributed by atoms with Crippen molar-refractivity contribution >= 4 is 19.7 Å². The molecule has 0 amide bonds. The van der Waals surface area contributed by atoms with Gasteiger partial charge in [0, 0.05) is 36.4 Å². The molecule has 0 spiro atoms. The minimum Gasteiger partial charge on any atom is -0.332 e. The van der Waals surface area contributed by atoms with Gasteiger partial charge in [-0.25, -0.2) is 13.4 Å². The first-order valence-corrected chi connectivity index (χ1v) is 7.31. The van der Waals surface area contributed by atoms with Crippen molar-refractivity contribution in [3.63, 3.8) is 0 Å². The number of imidazole rings is 1. The van der Waals surface area contributed by atoms with E-state index in [1.807, 2.05) is 30.5 Å². The Morgan fingerprint density at radius 2 is 2.12 bits per heavy atom. The third-order valence-electron chi connectivity index (χ3n) is 2.19. The first-order valence-electron chi connectivity index (χ1n) is 5.00. The normalized spacial score (nSPS) is 12.3. The number of hydrogen-bond acceptors (Lipinski definition) is 4. The van der Waals surface area contributed by atoms with Crippen molar-refractivity contribution in [1.82, 2.24) is 14.5 Å². The van der Waals surface area contributed by atoms with Gasteiger partial charge >= 0.3 is 0 Å². The molecule has 92 valence electrons. The van der Waals surface area contributed by atoms with Gasteiger partial charge in [0.2, 0.25) is 0 Å². The second-order valence-electron chi connectivity index (χ2n) is 3.78. The van der Waals surface area contributed by atoms with Gasteiger partial charge < -0.3 is 9.47 Å². The fourth-order valence-corrected chi connectivity index (χ4v) is 2.02. The van der Waals surface area contributed by atoms with Crippen LogP contribution in [0.1, 0.15) is 12.7 Å². The van der Waals surface area contributed by atoms with Crippen LogP contribution in [0.4, 0.5) is 0 Å². The molecule has 0 bridgehead atoms. The highest BCUT2D eigenvalue weighted by atomic mass is 35.7. The van der Waals surface area contributed by atoms with Crippen molar-refractivity contribution in [3.05, 3.63) is 12.0 Å². The van der Waals surface area contributed by atoms with E-state index in [4.69, 9.17) is 10.7 Å². The van der Waals surface area contributed by atoms with E-state index < -0.39 is 9.05 Å². The summed E-state index contributed by atoms with van der Waals surface area (Å²) >= 11 is 0. The third-order valence-corrected chi connectivity index (χ3v) is 3.36. The van der Waals surface area contributed by atoms with Gasteiger partial charge in [-0.15, -0.1) is 0 Å². The van der Waals surface area contributed by atoms with Gasteiger partial charge in [-0.2, -0.15) is 0 Å². The minimum absolute atomic E-state index is 0.0650. The van der Waals surface area contributed by atoms with Gasteiger partial charge in [-0.3, -0.25) is 0 Å². The zero-order valence-electron chi connectivity index (χ0n) is 9.64. The molecule has 0 aliphatic carbocycles. The maximum atomic E-state index is 11.1. The van der Waals surface area contributed by atoms with Crippen LogP contribution >= 0.6 is 10.7 Å². The number of likely N-dealkylation sites (N-methyl/N-ethyl adjacent to an activating group) is 1. The highest BCUT2D eigenvalue weighted by molar-refractivity contribution is 8.13. The van der Waals surface area contributed by atoms with E-state index in [0.717, 1.165) is 12.4 Å². The van der Waals surface area contributed by atoms with Gasteiger partial charge in [0.15, 0.2) is 5.03 Å². The lowest BCUT2D eigenvalue weighted by Gasteiger charge is -2.11. The average molecular weight is 266 g/mol. The number of nitrogens with zero attached hydrogens (tertiary/aromatic N) is 3. The van der Waals surface area contributed by atoms with Gasteiger partial charge in [-0.1, -0.05) is 6.92 Å². The molecule has 5 nitrogen and oxygen atoms in total. The largest absolute Gasteiger partial charge is 0.332 e. The lowest BCUT2D eigenvalue weighted by Crippen LogP contribution is -2.19. The Labute approximate surface area is 100 Å². The Balaban J connectivity index is 2.96. The van der Waals surface area contributed by atoms with E-state index >= 15 is 0 Å². The molecular weight excluding hydrogens is 250 g/mol. The van der Waals surface area contributed by atoms with Crippen LogP contribution < -0.4 is 0 Å². The number of halogens is 1. The highest BCUT2D eigenvalue weighted by Gasteiger charge is 2.16. The number of aromatic nitrogens is 2. The van der Waals surface area contributed by atoms with Crippen LogP contribution in [0.5, 0.6) is 0 Å². The molecule has 7 heteroatoms. The molecule has 0 fully saturated rings. The smallest absolute Gasteiger partial charge is 0.280 e. The summed E-state index contributed by atoms with van der Waals surface area (Å²) < 4.78 is 24.1. The quantitative estimate of drug-likeness (QED) is 0.744. The monoisotopic (exact) mass is 265 g/mol. The summed E-state index contributed by atoms with van der Waals surface area (Å²) in [5, 5.41) is -0.0650. The Hall–Kier alpha value is -0.590. The van der Waals surface area contributed by atoms with Crippen LogP contribution in [0.15, 0.2) is 11.2 Å². The minimum atomic E-state index is -3.73. The van der Waals surface area contributed by atoms with Crippen LogP contribution in [0.2, 0.25) is 0 Å². The molecule has 0 aliphatic rings. The van der Waals surface area contributed by atoms with Crippen LogP contribution in [-0.4, -0.2) is 43.5 Å². The van der Waals surface area contributed by atoms with E-state index in [9.17, 15) is 8.42 Å². The molecule has 0 aliphatic heterocycles. The highest BCUT2D eigenvalue weighted by Crippen LogP contribution is 2.14. The molecule has 1 aromatic heterocycles. The van der Waals surface area contributed by atoms with Gasteiger partial charge in [0.25, 0.3) is 9.05 Å². The first-order chi connectivity index (χ1) is 7.34. The van der Waals surface area contributed by atoms with Crippen LogP contribution in [0.3, 0.4) is 0 Å². The summed E-state index contributed by atoms with van der Waals surface area (Å²) in [6.07, 6.45) is 2.17. The molecule has 0 atom stereocenters. The summed E-state index contributed by atoms with van der Waals surface area (Å²) in [4.78, 5) is 6.02. The van der Waals surface area contributed by atoms with Crippen molar-refractivity contribution in [2.45, 2.75) is 24.9 Å². The molecule has 0 unspecified atom stereocenters. The zero-order chi connectivity index (χ0) is 12.3. The third kappa shape index (κ3) is 3.47. The fourth-order valence-electron chi connectivity index (χ4n) is 1.33. The molecule has 0 saturated heterocycles. The molecule has 0 N–H and O–H groups in total. The molecule has 1 rings (SSSR count). The van der Waals surface area contributed by atoms with Crippen molar-refractivity contribution in [1.29, 1.82) is 0 Å². The number of hydrogen-bond donors (Lipinski definition) is 0. The van der Waals surface area contributed by atoms with Crippen LogP contribution in [0, 0.1) is 0 Å². The molecule has 0 radical (unpaired) electrons. The summed E-state index contributed by atoms with van der Waals surface area (Å²) in [6, 6.07) is 0. The van der Waals surface area contributed by atoms with Crippen molar-refractivity contribution < 1.29 is 8.42 Å². The molecule has 0 aromatic carbocycles. The molecule has 16 heavy (non-hydrogen) atoms. The van der Waals surface area contributed by atoms with E-state index in [0.29, 0.717) is 13.0 Å². The number of aryl methyl sites for hydroxylation is 1. The second-order valence-corrected chi connectivity index (χ2v) is 6.30. The Bertz CT molecular complexity index is 453. The van der Waals surface area contributed by atoms with Crippen molar-refractivity contribution in [2.75, 3.05) is 20.6 Å². The maximum absolute atomic E-state index is 11.1. The van der Waals surface area contributed by atoms with E-state index in [2.05, 4.69) is 4.98 Å². The maximum Gasteiger partial charge on any atom is 0.280 e. The Morgan fingerprint density at radius 1 is 1.50 bits per heavy atom. The van der Waals surface area contributed by atoms with Gasteiger partial charge in [0.05, 0.1) is 0 Å². The number of rotatable bonds is 5. The second kappa shape index (κ2) is 5.16. The van der Waals surface area contributed by atoms with Crippen LogP contribution in [0.25, 0.3) is 0 Å². The molecule has 1 heterocycles. The lowest BCUT2D eigenvalue weighted by molar-refractivity contribution is 0.380. The Kier molecular flexibility index (Phi) is 4.35. The van der Waals surface area contributed by atoms with Gasteiger partial charge in [-0.05, 0) is 14.1 Å². The fraction of sp³-hybridized carbons (Fsp3) is 0.667. The molecule has 0 saturated carbocycles. The van der Waals surface area contributed by atoms with E-state index in [1.54, 1.807) is 0 Å². The van der Waals surface area contributed by atoms with E-state index in [-0.39, 0.29) is 5.03 Å². The zero-order valence-corrected chi connectivity index (χ0v) is 11.2. The van der Waals surface area contributed by atoms with Crippen LogP contribution in [-0.2, 0) is 22.0 Å². The average Bonchev–Trinajstić information content (AvgIpc) is 2.56. The Morgan fingerprint density at radius 3 is 2.56 bits per heavy atom. The lowest BCUT2D eigenvalue weighted by atomic mass is 10.4. The first kappa shape index (κ1) is 13.5. The van der Waals surface area contributed by atoms with Gasteiger partial charge in [0.1, 0.15) is 5.82 Å². The SMILES string of the molecule is CCc1nc(S(=O)(=O)Cl)cn1CCN(C)C. The van der Waals surface area contributed by atoms with Crippen molar-refractivity contribution in [3.8, 4) is 0 Å². The predicted octanol–water partition coefficient (Wildman–Crippen LogP) is 0.935. The molecule has 1 aromatic rings. The molecular formula is C9H16ClN3O2S. The predicted molar refractivity (Wildman–Crippen MR) is 63.2 cm³/mol. The van der Waals surface area contributed by atoms with E-state index in [1.165, 1.54) is 6.20 Å². The summed E-state index contributed by atoms with van der Waals surface area (Å²) in [7, 11) is 5.44. The summed E-state index contributed by atoms with van der Waals surface area (Å²) in [5.74, 6) is 0.737. The van der Waals surface area contributed by atoms with Crippen molar-refractivity contribution in [2.24, 2.45) is 0 Å². The summed E-state index contributed by atoms with van der Waals surface area (Å²) in [6.45, 7) is 3.46. The standard InChI is InChI=1S/C9H16ClN3O2S/c1-4-8-11-9(16(10,14)15)7-13(8)6-5-12(2)3/h7H,4-6H2,1-3H3. The summed E-state index contributed by atoms with van der Waals surface area (Å²) in [5.41, 5.74) is 0. The topological polar surface area (TPSA) is 55.2 Å².